The number of aliphatic hydroxyl groups is 1. The van der Waals surface area contributed by atoms with Gasteiger partial charge in [0.25, 0.3) is 5.91 Å². The van der Waals surface area contributed by atoms with Gasteiger partial charge in [0, 0.05) is 30.2 Å². The Kier molecular flexibility index (Phi) is 5.58. The average Bonchev–Trinajstić information content (AvgIpc) is 2.52. The molecule has 0 aliphatic carbocycles. The number of benzene rings is 2. The first kappa shape index (κ1) is 17.2. The fourth-order valence-corrected chi connectivity index (χ4v) is 2.31. The molecule has 0 unspecified atom stereocenters. The van der Waals surface area contributed by atoms with E-state index in [9.17, 15) is 14.3 Å². The molecular formula is C17H17ClFNO3. The van der Waals surface area contributed by atoms with Crippen molar-refractivity contribution in [1.82, 2.24) is 4.90 Å². The Hall–Kier alpha value is -2.11. The molecule has 2 aromatic rings. The van der Waals surface area contributed by atoms with Gasteiger partial charge in [0.05, 0.1) is 0 Å². The first-order valence-corrected chi connectivity index (χ1v) is 7.34. The fourth-order valence-electron chi connectivity index (χ4n) is 2.01. The van der Waals surface area contributed by atoms with Crippen LogP contribution in [-0.4, -0.2) is 36.6 Å². The second-order valence-corrected chi connectivity index (χ2v) is 5.63. The van der Waals surface area contributed by atoms with Gasteiger partial charge in [0.2, 0.25) is 0 Å². The van der Waals surface area contributed by atoms with Crippen LogP contribution >= 0.6 is 11.6 Å². The molecule has 0 aliphatic heterocycles. The van der Waals surface area contributed by atoms with Gasteiger partial charge in [-0.3, -0.25) is 4.79 Å². The number of carbonyl (C=O) groups is 1. The summed E-state index contributed by atoms with van der Waals surface area (Å²) < 4.78 is 18.5. The summed E-state index contributed by atoms with van der Waals surface area (Å²) in [6, 6.07) is 10.4. The average molecular weight is 338 g/mol. The van der Waals surface area contributed by atoms with Gasteiger partial charge >= 0.3 is 0 Å². The lowest BCUT2D eigenvalue weighted by atomic mass is 10.1. The number of rotatable bonds is 5. The topological polar surface area (TPSA) is 49.8 Å². The Balaban J connectivity index is 2.05. The minimum Gasteiger partial charge on any atom is -0.491 e. The molecular weight excluding hydrogens is 321 g/mol. The van der Waals surface area contributed by atoms with Crippen molar-refractivity contribution in [2.45, 2.75) is 6.10 Å². The van der Waals surface area contributed by atoms with Gasteiger partial charge in [-0.05, 0) is 30.3 Å². The predicted molar refractivity (Wildman–Crippen MR) is 86.3 cm³/mol. The number of hydrogen-bond donors (Lipinski definition) is 1. The highest BCUT2D eigenvalue weighted by Crippen LogP contribution is 2.25. The van der Waals surface area contributed by atoms with Crippen LogP contribution in [0, 0.1) is 5.82 Å². The second kappa shape index (κ2) is 7.44. The summed E-state index contributed by atoms with van der Waals surface area (Å²) in [5.41, 5.74) is 0.871. The Labute approximate surface area is 139 Å². The van der Waals surface area contributed by atoms with Crippen molar-refractivity contribution in [2.24, 2.45) is 0 Å². The molecule has 1 atom stereocenters. The molecule has 6 heteroatoms. The highest BCUT2D eigenvalue weighted by Gasteiger charge is 2.14. The largest absolute Gasteiger partial charge is 0.491 e. The molecule has 122 valence electrons. The number of aliphatic hydroxyl groups excluding tert-OH is 1. The lowest BCUT2D eigenvalue weighted by Gasteiger charge is -2.15. The second-order valence-electron chi connectivity index (χ2n) is 5.22. The monoisotopic (exact) mass is 337 g/mol. The summed E-state index contributed by atoms with van der Waals surface area (Å²) in [5, 5.41) is 10.2. The van der Waals surface area contributed by atoms with E-state index < -0.39 is 11.9 Å². The molecule has 4 nitrogen and oxygen atoms in total. The maximum absolute atomic E-state index is 13.0. The number of amides is 1. The van der Waals surface area contributed by atoms with E-state index in [-0.39, 0.29) is 17.5 Å². The van der Waals surface area contributed by atoms with E-state index in [2.05, 4.69) is 0 Å². The van der Waals surface area contributed by atoms with Crippen LogP contribution in [0.3, 0.4) is 0 Å². The molecule has 0 heterocycles. The van der Waals surface area contributed by atoms with Crippen molar-refractivity contribution < 1.29 is 19.0 Å². The summed E-state index contributed by atoms with van der Waals surface area (Å²) in [7, 11) is 3.33. The molecule has 0 radical (unpaired) electrons. The van der Waals surface area contributed by atoms with Crippen LogP contribution in [0.4, 0.5) is 4.39 Å². The van der Waals surface area contributed by atoms with E-state index in [4.69, 9.17) is 16.3 Å². The van der Waals surface area contributed by atoms with Gasteiger partial charge < -0.3 is 14.7 Å². The Morgan fingerprint density at radius 3 is 2.70 bits per heavy atom. The first-order valence-electron chi connectivity index (χ1n) is 6.96. The third kappa shape index (κ3) is 4.43. The molecule has 0 fully saturated rings. The van der Waals surface area contributed by atoms with Crippen LogP contribution in [0.1, 0.15) is 22.0 Å². The van der Waals surface area contributed by atoms with Crippen LogP contribution in [-0.2, 0) is 0 Å². The van der Waals surface area contributed by atoms with Crippen LogP contribution < -0.4 is 4.74 Å². The molecule has 0 spiro atoms. The van der Waals surface area contributed by atoms with Gasteiger partial charge in [-0.2, -0.15) is 0 Å². The van der Waals surface area contributed by atoms with Crippen LogP contribution in [0.15, 0.2) is 42.5 Å². The third-order valence-corrected chi connectivity index (χ3v) is 3.54. The standard InChI is InChI=1S/C17H17ClFNO3/c1-20(2)17(22)11-4-3-5-13(8-11)23-10-16(21)14-7-6-12(19)9-15(14)18/h3-9,16,21H,10H2,1-2H3/t16-/m1/s1. The zero-order chi connectivity index (χ0) is 17.0. The SMILES string of the molecule is CN(C)C(=O)c1cccc(OC[C@@H](O)c2ccc(F)cc2Cl)c1. The fraction of sp³-hybridized carbons (Fsp3) is 0.235. The summed E-state index contributed by atoms with van der Waals surface area (Å²) in [5.74, 6) is -0.158. The number of ether oxygens (including phenoxy) is 1. The van der Waals surface area contributed by atoms with Gasteiger partial charge in [-0.25, -0.2) is 4.39 Å². The van der Waals surface area contributed by atoms with Gasteiger partial charge in [0.15, 0.2) is 0 Å². The molecule has 23 heavy (non-hydrogen) atoms. The number of carbonyl (C=O) groups excluding carboxylic acids is 1. The quantitative estimate of drug-likeness (QED) is 0.910. The van der Waals surface area contributed by atoms with E-state index in [1.165, 1.54) is 17.0 Å². The maximum Gasteiger partial charge on any atom is 0.253 e. The highest BCUT2D eigenvalue weighted by molar-refractivity contribution is 6.31. The van der Waals surface area contributed by atoms with E-state index >= 15 is 0 Å². The van der Waals surface area contributed by atoms with Crippen molar-refractivity contribution in [3.05, 3.63) is 64.4 Å². The van der Waals surface area contributed by atoms with Crippen molar-refractivity contribution in [3.8, 4) is 5.75 Å². The smallest absolute Gasteiger partial charge is 0.253 e. The molecule has 0 aromatic heterocycles. The first-order chi connectivity index (χ1) is 10.9. The molecule has 2 rings (SSSR count). The maximum atomic E-state index is 13.0. The summed E-state index contributed by atoms with van der Waals surface area (Å²) in [6.45, 7) is -0.0645. The van der Waals surface area contributed by atoms with E-state index in [0.717, 1.165) is 6.07 Å². The summed E-state index contributed by atoms with van der Waals surface area (Å²) in [6.07, 6.45) is -1.00. The minimum absolute atomic E-state index is 0.0645. The van der Waals surface area contributed by atoms with Gasteiger partial charge in [-0.15, -0.1) is 0 Å². The third-order valence-electron chi connectivity index (χ3n) is 3.22. The molecule has 1 N–H and O–H groups in total. The van der Waals surface area contributed by atoms with E-state index in [0.29, 0.717) is 16.9 Å². The molecule has 0 saturated carbocycles. The molecule has 0 aliphatic rings. The lowest BCUT2D eigenvalue weighted by molar-refractivity contribution is 0.0826. The number of halogens is 2. The molecule has 1 amide bonds. The summed E-state index contributed by atoms with van der Waals surface area (Å²) >= 11 is 5.90. The van der Waals surface area contributed by atoms with Gasteiger partial charge in [0.1, 0.15) is 24.3 Å². The zero-order valence-corrected chi connectivity index (χ0v) is 13.5. The Morgan fingerprint density at radius 1 is 1.30 bits per heavy atom. The lowest BCUT2D eigenvalue weighted by Crippen LogP contribution is -2.21. The molecule has 0 bridgehead atoms. The molecule has 2 aromatic carbocycles. The molecule has 0 saturated heterocycles. The van der Waals surface area contributed by atoms with Crippen LogP contribution in [0.25, 0.3) is 0 Å². The van der Waals surface area contributed by atoms with Crippen molar-refractivity contribution >= 4 is 17.5 Å². The Morgan fingerprint density at radius 2 is 2.04 bits per heavy atom. The van der Waals surface area contributed by atoms with Crippen LogP contribution in [0.2, 0.25) is 5.02 Å². The van der Waals surface area contributed by atoms with Crippen molar-refractivity contribution in [1.29, 1.82) is 0 Å². The number of hydrogen-bond acceptors (Lipinski definition) is 3. The normalized spacial score (nSPS) is 11.9. The van der Waals surface area contributed by atoms with E-state index in [1.54, 1.807) is 38.4 Å². The number of nitrogens with zero attached hydrogens (tertiary/aromatic N) is 1. The summed E-state index contributed by atoms with van der Waals surface area (Å²) in [4.78, 5) is 13.4. The van der Waals surface area contributed by atoms with Crippen LogP contribution in [0.5, 0.6) is 5.75 Å². The van der Waals surface area contributed by atoms with Gasteiger partial charge in [-0.1, -0.05) is 23.7 Å². The zero-order valence-electron chi connectivity index (χ0n) is 12.8. The van der Waals surface area contributed by atoms with E-state index in [1.807, 2.05) is 0 Å². The van der Waals surface area contributed by atoms with Crippen molar-refractivity contribution in [2.75, 3.05) is 20.7 Å². The minimum atomic E-state index is -1.00. The van der Waals surface area contributed by atoms with Crippen molar-refractivity contribution in [3.63, 3.8) is 0 Å². The Bertz CT molecular complexity index is 706. The predicted octanol–water partition coefficient (Wildman–Crippen LogP) is 3.29. The highest BCUT2D eigenvalue weighted by atomic mass is 35.5.